The fourth-order valence-corrected chi connectivity index (χ4v) is 3.95. The Morgan fingerprint density at radius 1 is 1.39 bits per heavy atom. The number of hydrogen-bond acceptors (Lipinski definition) is 3. The summed E-state index contributed by atoms with van der Waals surface area (Å²) >= 11 is 0. The van der Waals surface area contributed by atoms with Crippen LogP contribution in [0.15, 0.2) is 0 Å². The second-order valence-electron chi connectivity index (χ2n) is 6.97. The van der Waals surface area contributed by atoms with E-state index in [1.165, 1.54) is 12.8 Å². The van der Waals surface area contributed by atoms with Crippen molar-refractivity contribution in [2.45, 2.75) is 77.5 Å². The zero-order valence-corrected chi connectivity index (χ0v) is 14.4. The minimum Gasteiger partial charge on any atom is -0.373 e. The molecule has 6 heteroatoms. The van der Waals surface area contributed by atoms with Gasteiger partial charge in [-0.1, -0.05) is 19.8 Å². The van der Waals surface area contributed by atoms with E-state index < -0.39 is 0 Å². The fraction of sp³-hybridized carbons (Fsp3) is 0.765. The van der Waals surface area contributed by atoms with Crippen LogP contribution in [-0.2, 0) is 11.3 Å². The molecule has 1 saturated heterocycles. The van der Waals surface area contributed by atoms with E-state index in [1.54, 1.807) is 0 Å². The molecule has 6 nitrogen and oxygen atoms in total. The molecule has 23 heavy (non-hydrogen) atoms. The van der Waals surface area contributed by atoms with Gasteiger partial charge in [0.05, 0.1) is 35.3 Å². The number of nitrogens with one attached hydrogen (secondary N) is 2. The molecule has 2 aliphatic rings. The van der Waals surface area contributed by atoms with Gasteiger partial charge in [0.1, 0.15) is 0 Å². The minimum absolute atomic E-state index is 0.0375. The second kappa shape index (κ2) is 6.51. The van der Waals surface area contributed by atoms with Crippen LogP contribution in [0, 0.1) is 13.8 Å². The van der Waals surface area contributed by atoms with Crippen molar-refractivity contribution in [3.05, 3.63) is 11.4 Å². The van der Waals surface area contributed by atoms with Crippen molar-refractivity contribution in [2.24, 2.45) is 0 Å². The summed E-state index contributed by atoms with van der Waals surface area (Å²) in [5.74, 6) is 0. The van der Waals surface area contributed by atoms with Gasteiger partial charge in [-0.05, 0) is 39.5 Å². The fourth-order valence-electron chi connectivity index (χ4n) is 3.95. The number of carbonyl (C=O) groups excluding carboxylic acids is 1. The molecule has 128 valence electrons. The molecule has 1 spiro atoms. The smallest absolute Gasteiger partial charge is 0.319 e. The normalized spacial score (nSPS) is 22.7. The van der Waals surface area contributed by atoms with Gasteiger partial charge in [0.25, 0.3) is 0 Å². The number of aromatic nitrogens is 2. The van der Waals surface area contributed by atoms with E-state index in [4.69, 9.17) is 4.74 Å². The minimum atomic E-state index is -0.157. The molecule has 1 atom stereocenters. The van der Waals surface area contributed by atoms with Crippen LogP contribution < -0.4 is 10.6 Å². The van der Waals surface area contributed by atoms with E-state index >= 15 is 0 Å². The summed E-state index contributed by atoms with van der Waals surface area (Å²) in [7, 11) is 0. The number of aryl methyl sites for hydroxylation is 2. The molecule has 0 bridgehead atoms. The molecule has 1 aromatic rings. The Bertz CT molecular complexity index is 575. The average molecular weight is 320 g/mol. The molecule has 0 aromatic carbocycles. The SMILES string of the molecule is CCCn1nc(C)c(NC(=O)NC2COC3(CCCC3)C2)c1C. The highest BCUT2D eigenvalue weighted by molar-refractivity contribution is 5.90. The highest BCUT2D eigenvalue weighted by atomic mass is 16.5. The summed E-state index contributed by atoms with van der Waals surface area (Å²) < 4.78 is 7.95. The van der Waals surface area contributed by atoms with Gasteiger partial charge in [-0.3, -0.25) is 4.68 Å². The number of rotatable bonds is 4. The molecule has 1 aliphatic carbocycles. The van der Waals surface area contributed by atoms with Crippen molar-refractivity contribution < 1.29 is 9.53 Å². The third-order valence-corrected chi connectivity index (χ3v) is 5.11. The zero-order valence-electron chi connectivity index (χ0n) is 14.4. The summed E-state index contributed by atoms with van der Waals surface area (Å²) in [6, 6.07) is -0.0460. The lowest BCUT2D eigenvalue weighted by Gasteiger charge is -2.21. The van der Waals surface area contributed by atoms with Gasteiger partial charge in [0.2, 0.25) is 0 Å². The van der Waals surface area contributed by atoms with Crippen LogP contribution in [0.25, 0.3) is 0 Å². The molecule has 2 fully saturated rings. The number of urea groups is 1. The van der Waals surface area contributed by atoms with Gasteiger partial charge in [-0.25, -0.2) is 4.79 Å². The molecule has 2 N–H and O–H groups in total. The van der Waals surface area contributed by atoms with Crippen molar-refractivity contribution in [3.63, 3.8) is 0 Å². The molecule has 1 aromatic heterocycles. The first-order valence-electron chi connectivity index (χ1n) is 8.78. The monoisotopic (exact) mass is 320 g/mol. The van der Waals surface area contributed by atoms with Gasteiger partial charge >= 0.3 is 6.03 Å². The maximum Gasteiger partial charge on any atom is 0.319 e. The maximum absolute atomic E-state index is 12.3. The summed E-state index contributed by atoms with van der Waals surface area (Å²) in [6.07, 6.45) is 6.72. The summed E-state index contributed by atoms with van der Waals surface area (Å²) in [5, 5.41) is 10.5. The number of hydrogen-bond donors (Lipinski definition) is 2. The predicted octanol–water partition coefficient (Wildman–Crippen LogP) is 3.13. The van der Waals surface area contributed by atoms with Crippen LogP contribution in [-0.4, -0.2) is 34.1 Å². The van der Waals surface area contributed by atoms with Gasteiger partial charge in [-0.15, -0.1) is 0 Å². The molecule has 1 aliphatic heterocycles. The highest BCUT2D eigenvalue weighted by Crippen LogP contribution is 2.40. The first-order valence-corrected chi connectivity index (χ1v) is 8.78. The summed E-state index contributed by atoms with van der Waals surface area (Å²) in [6.45, 7) is 7.54. The van der Waals surface area contributed by atoms with Crippen LogP contribution in [0.3, 0.4) is 0 Å². The number of ether oxygens (including phenoxy) is 1. The standard InChI is InChI=1S/C17H28N4O2/c1-4-9-21-13(3)15(12(2)20-21)19-16(22)18-14-10-17(23-11-14)7-5-6-8-17/h14H,4-11H2,1-3H3,(H2,18,19,22). The van der Waals surface area contributed by atoms with Crippen LogP contribution in [0.1, 0.15) is 56.8 Å². The highest BCUT2D eigenvalue weighted by Gasteiger charge is 2.42. The number of anilines is 1. The molecule has 0 radical (unpaired) electrons. The molecule has 2 amide bonds. The van der Waals surface area contributed by atoms with E-state index in [0.717, 1.165) is 49.3 Å². The third-order valence-electron chi connectivity index (χ3n) is 5.11. The lowest BCUT2D eigenvalue weighted by molar-refractivity contribution is 0.00998. The molecule has 1 unspecified atom stereocenters. The zero-order chi connectivity index (χ0) is 16.4. The van der Waals surface area contributed by atoms with Crippen LogP contribution in [0.4, 0.5) is 10.5 Å². The molecule has 1 saturated carbocycles. The van der Waals surface area contributed by atoms with E-state index in [1.807, 2.05) is 18.5 Å². The molecule has 3 rings (SSSR count). The molecule has 2 heterocycles. The topological polar surface area (TPSA) is 68.2 Å². The molecular weight excluding hydrogens is 292 g/mol. The Kier molecular flexibility index (Phi) is 4.62. The van der Waals surface area contributed by atoms with E-state index in [2.05, 4.69) is 22.7 Å². The number of carbonyl (C=O) groups is 1. The van der Waals surface area contributed by atoms with Crippen LogP contribution in [0.5, 0.6) is 0 Å². The average Bonchev–Trinajstić information content (AvgIpc) is 3.19. The van der Waals surface area contributed by atoms with Crippen LogP contribution >= 0.6 is 0 Å². The van der Waals surface area contributed by atoms with E-state index in [9.17, 15) is 4.79 Å². The van der Waals surface area contributed by atoms with Gasteiger partial charge < -0.3 is 15.4 Å². The van der Waals surface area contributed by atoms with Crippen molar-refractivity contribution in [3.8, 4) is 0 Å². The Morgan fingerprint density at radius 2 is 2.13 bits per heavy atom. The first kappa shape index (κ1) is 16.3. The second-order valence-corrected chi connectivity index (χ2v) is 6.97. The Hall–Kier alpha value is -1.56. The third kappa shape index (κ3) is 3.37. The van der Waals surface area contributed by atoms with Crippen molar-refractivity contribution >= 4 is 11.7 Å². The van der Waals surface area contributed by atoms with Crippen molar-refractivity contribution in [2.75, 3.05) is 11.9 Å². The summed E-state index contributed by atoms with van der Waals surface area (Å²) in [4.78, 5) is 12.3. The van der Waals surface area contributed by atoms with Crippen LogP contribution in [0.2, 0.25) is 0 Å². The van der Waals surface area contributed by atoms with E-state index in [0.29, 0.717) is 6.61 Å². The van der Waals surface area contributed by atoms with Gasteiger partial charge in [-0.2, -0.15) is 5.10 Å². The van der Waals surface area contributed by atoms with E-state index in [-0.39, 0.29) is 17.7 Å². The van der Waals surface area contributed by atoms with Crippen molar-refractivity contribution in [1.29, 1.82) is 0 Å². The maximum atomic E-state index is 12.3. The number of nitrogens with zero attached hydrogens (tertiary/aromatic N) is 2. The summed E-state index contributed by atoms with van der Waals surface area (Å²) in [5.41, 5.74) is 2.73. The van der Waals surface area contributed by atoms with Crippen molar-refractivity contribution in [1.82, 2.24) is 15.1 Å². The largest absolute Gasteiger partial charge is 0.373 e. The lowest BCUT2D eigenvalue weighted by Crippen LogP contribution is -2.39. The predicted molar refractivity (Wildman–Crippen MR) is 89.7 cm³/mol. The quantitative estimate of drug-likeness (QED) is 0.895. The first-order chi connectivity index (χ1) is 11.0. The van der Waals surface area contributed by atoms with Gasteiger partial charge in [0, 0.05) is 6.54 Å². The van der Waals surface area contributed by atoms with Gasteiger partial charge in [0.15, 0.2) is 0 Å². The Balaban J connectivity index is 1.58. The Morgan fingerprint density at radius 3 is 2.83 bits per heavy atom. The lowest BCUT2D eigenvalue weighted by atomic mass is 9.96. The Labute approximate surface area is 138 Å². The molecular formula is C17H28N4O2. The number of amides is 2.